The molecule has 0 aliphatic heterocycles. The van der Waals surface area contributed by atoms with E-state index in [1.807, 2.05) is 6.07 Å². The summed E-state index contributed by atoms with van der Waals surface area (Å²) >= 11 is 0. The summed E-state index contributed by atoms with van der Waals surface area (Å²) < 4.78 is 39.2. The van der Waals surface area contributed by atoms with E-state index >= 15 is 0 Å². The molecule has 0 aliphatic rings. The maximum atomic E-state index is 13.4. The quantitative estimate of drug-likeness (QED) is 0.884. The summed E-state index contributed by atoms with van der Waals surface area (Å²) in [5.41, 5.74) is 0.588. The van der Waals surface area contributed by atoms with Crippen LogP contribution in [0.2, 0.25) is 0 Å². The number of nitriles is 1. The Balaban J connectivity index is 2.08. The fourth-order valence-electron chi connectivity index (χ4n) is 1.68. The van der Waals surface area contributed by atoms with Crippen molar-refractivity contribution in [1.29, 1.82) is 5.26 Å². The number of hydrogen-bond acceptors (Lipinski definition) is 2. The van der Waals surface area contributed by atoms with Crippen molar-refractivity contribution in [2.24, 2.45) is 0 Å². The second-order valence-electron chi connectivity index (χ2n) is 4.21. The molecule has 0 radical (unpaired) electrons. The second kappa shape index (κ2) is 6.09. The molecule has 1 N–H and O–H groups in total. The summed E-state index contributed by atoms with van der Waals surface area (Å²) in [6.07, 6.45) is 0. The molecule has 0 aromatic heterocycles. The average Bonchev–Trinajstić information content (AvgIpc) is 2.51. The fourth-order valence-corrected chi connectivity index (χ4v) is 1.68. The molecule has 106 valence electrons. The molecule has 0 atom stereocenters. The van der Waals surface area contributed by atoms with Crippen LogP contribution >= 0.6 is 0 Å². The molecule has 21 heavy (non-hydrogen) atoms. The van der Waals surface area contributed by atoms with Crippen molar-refractivity contribution in [1.82, 2.24) is 5.32 Å². The molecule has 2 aromatic carbocycles. The highest BCUT2D eigenvalue weighted by atomic mass is 19.2. The fraction of sp³-hybridized carbons (Fsp3) is 0.0667. The highest BCUT2D eigenvalue weighted by molar-refractivity contribution is 5.94. The van der Waals surface area contributed by atoms with Crippen LogP contribution in [-0.4, -0.2) is 5.91 Å². The molecule has 2 aromatic rings. The van der Waals surface area contributed by atoms with Crippen molar-refractivity contribution < 1.29 is 18.0 Å². The lowest BCUT2D eigenvalue weighted by atomic mass is 10.1. The van der Waals surface area contributed by atoms with E-state index in [2.05, 4.69) is 5.32 Å². The molecule has 0 saturated carbocycles. The van der Waals surface area contributed by atoms with E-state index in [1.54, 1.807) is 24.3 Å². The molecule has 2 rings (SSSR count). The van der Waals surface area contributed by atoms with Crippen LogP contribution in [0.25, 0.3) is 0 Å². The van der Waals surface area contributed by atoms with Crippen LogP contribution in [0, 0.1) is 28.8 Å². The number of amides is 1. The zero-order valence-electron chi connectivity index (χ0n) is 10.7. The van der Waals surface area contributed by atoms with E-state index in [4.69, 9.17) is 5.26 Å². The van der Waals surface area contributed by atoms with Crippen LogP contribution in [0.1, 0.15) is 21.5 Å². The Labute approximate surface area is 118 Å². The van der Waals surface area contributed by atoms with E-state index in [0.29, 0.717) is 17.2 Å². The van der Waals surface area contributed by atoms with Crippen LogP contribution in [0.4, 0.5) is 13.2 Å². The molecule has 6 heteroatoms. The third kappa shape index (κ3) is 3.20. The van der Waals surface area contributed by atoms with E-state index in [9.17, 15) is 18.0 Å². The first kappa shape index (κ1) is 14.6. The molecule has 0 aliphatic carbocycles. The van der Waals surface area contributed by atoms with Gasteiger partial charge < -0.3 is 5.32 Å². The summed E-state index contributed by atoms with van der Waals surface area (Å²) in [7, 11) is 0. The summed E-state index contributed by atoms with van der Waals surface area (Å²) in [6, 6.07) is 9.91. The minimum Gasteiger partial charge on any atom is -0.348 e. The van der Waals surface area contributed by atoms with Gasteiger partial charge in [0.05, 0.1) is 17.2 Å². The molecule has 0 bridgehead atoms. The van der Waals surface area contributed by atoms with Gasteiger partial charge in [-0.1, -0.05) is 12.1 Å². The molecular formula is C15H9F3N2O. The lowest BCUT2D eigenvalue weighted by Crippen LogP contribution is -2.24. The van der Waals surface area contributed by atoms with Crippen molar-refractivity contribution in [2.45, 2.75) is 6.54 Å². The number of rotatable bonds is 3. The smallest absolute Gasteiger partial charge is 0.254 e. The predicted molar refractivity (Wildman–Crippen MR) is 68.6 cm³/mol. The summed E-state index contributed by atoms with van der Waals surface area (Å²) in [6.45, 7) is 0.0724. The Hall–Kier alpha value is -2.81. The van der Waals surface area contributed by atoms with Gasteiger partial charge in [0, 0.05) is 6.54 Å². The molecule has 0 spiro atoms. The van der Waals surface area contributed by atoms with Gasteiger partial charge in [-0.3, -0.25) is 4.79 Å². The van der Waals surface area contributed by atoms with E-state index in [-0.39, 0.29) is 6.54 Å². The Morgan fingerprint density at radius 2 is 1.71 bits per heavy atom. The van der Waals surface area contributed by atoms with Crippen LogP contribution in [-0.2, 0) is 6.54 Å². The van der Waals surface area contributed by atoms with E-state index < -0.39 is 28.9 Å². The number of halogens is 3. The Bertz CT molecular complexity index is 721. The Kier molecular flexibility index (Phi) is 4.24. The maximum Gasteiger partial charge on any atom is 0.254 e. The van der Waals surface area contributed by atoms with Crippen molar-refractivity contribution in [3.63, 3.8) is 0 Å². The lowest BCUT2D eigenvalue weighted by Gasteiger charge is -2.07. The van der Waals surface area contributed by atoms with Gasteiger partial charge in [0.2, 0.25) is 0 Å². The SMILES string of the molecule is N#Cc1ccc(CNC(=O)c2ccc(F)c(F)c2F)cc1. The number of carbonyl (C=O) groups excluding carboxylic acids is 1. The first-order valence-corrected chi connectivity index (χ1v) is 5.93. The molecule has 0 saturated heterocycles. The largest absolute Gasteiger partial charge is 0.348 e. The van der Waals surface area contributed by atoms with E-state index in [1.165, 1.54) is 0 Å². The van der Waals surface area contributed by atoms with Crippen LogP contribution < -0.4 is 5.32 Å². The van der Waals surface area contributed by atoms with Crippen LogP contribution in [0.5, 0.6) is 0 Å². The molecule has 1 amide bonds. The topological polar surface area (TPSA) is 52.9 Å². The normalized spacial score (nSPS) is 10.0. The number of hydrogen-bond donors (Lipinski definition) is 1. The molecular weight excluding hydrogens is 281 g/mol. The molecule has 0 fully saturated rings. The predicted octanol–water partition coefficient (Wildman–Crippen LogP) is 2.91. The number of nitrogens with zero attached hydrogens (tertiary/aromatic N) is 1. The summed E-state index contributed by atoms with van der Waals surface area (Å²) in [4.78, 5) is 11.7. The first-order valence-electron chi connectivity index (χ1n) is 5.93. The lowest BCUT2D eigenvalue weighted by molar-refractivity contribution is 0.0945. The highest BCUT2D eigenvalue weighted by Crippen LogP contribution is 2.15. The average molecular weight is 290 g/mol. The third-order valence-electron chi connectivity index (χ3n) is 2.82. The van der Waals surface area contributed by atoms with Crippen molar-refractivity contribution in [3.8, 4) is 6.07 Å². The van der Waals surface area contributed by atoms with Crippen molar-refractivity contribution in [3.05, 3.63) is 70.5 Å². The monoisotopic (exact) mass is 290 g/mol. The van der Waals surface area contributed by atoms with Crippen molar-refractivity contribution >= 4 is 5.91 Å². The zero-order chi connectivity index (χ0) is 15.4. The van der Waals surface area contributed by atoms with Crippen LogP contribution in [0.3, 0.4) is 0 Å². The Morgan fingerprint density at radius 1 is 1.05 bits per heavy atom. The summed E-state index contributed by atoms with van der Waals surface area (Å²) in [5, 5.41) is 11.0. The van der Waals surface area contributed by atoms with Gasteiger partial charge in [-0.15, -0.1) is 0 Å². The number of carbonyl (C=O) groups is 1. The second-order valence-corrected chi connectivity index (χ2v) is 4.21. The minimum atomic E-state index is -1.68. The molecule has 3 nitrogen and oxygen atoms in total. The molecule has 0 heterocycles. The first-order chi connectivity index (χ1) is 10.0. The van der Waals surface area contributed by atoms with Gasteiger partial charge in [0.25, 0.3) is 5.91 Å². The van der Waals surface area contributed by atoms with Gasteiger partial charge >= 0.3 is 0 Å². The van der Waals surface area contributed by atoms with Gasteiger partial charge in [0.15, 0.2) is 17.5 Å². The van der Waals surface area contributed by atoms with E-state index in [0.717, 1.165) is 6.07 Å². The van der Waals surface area contributed by atoms with Gasteiger partial charge in [-0.2, -0.15) is 5.26 Å². The minimum absolute atomic E-state index is 0.0724. The highest BCUT2D eigenvalue weighted by Gasteiger charge is 2.18. The standard InChI is InChI=1S/C15H9F3N2O/c16-12-6-5-11(13(17)14(12)18)15(21)20-8-10-3-1-9(7-19)2-4-10/h1-6H,8H2,(H,20,21). The Morgan fingerprint density at radius 3 is 2.33 bits per heavy atom. The van der Waals surface area contributed by atoms with Crippen molar-refractivity contribution in [2.75, 3.05) is 0 Å². The van der Waals surface area contributed by atoms with Gasteiger partial charge in [0.1, 0.15) is 0 Å². The van der Waals surface area contributed by atoms with Crippen LogP contribution in [0.15, 0.2) is 36.4 Å². The summed E-state index contributed by atoms with van der Waals surface area (Å²) in [5.74, 6) is -5.40. The maximum absolute atomic E-state index is 13.4. The molecule has 0 unspecified atom stereocenters. The van der Waals surface area contributed by atoms with Gasteiger partial charge in [-0.25, -0.2) is 13.2 Å². The zero-order valence-corrected chi connectivity index (χ0v) is 10.7. The number of benzene rings is 2. The van der Waals surface area contributed by atoms with Gasteiger partial charge in [-0.05, 0) is 29.8 Å². The number of nitrogens with one attached hydrogen (secondary N) is 1. The third-order valence-corrected chi connectivity index (χ3v) is 2.82.